The Morgan fingerprint density at radius 2 is 2.12 bits per heavy atom. The number of rotatable bonds is 6. The van der Waals surface area contributed by atoms with Gasteiger partial charge in [0.2, 0.25) is 0 Å². The van der Waals surface area contributed by atoms with Crippen LogP contribution in [0.25, 0.3) is 0 Å². The van der Waals surface area contributed by atoms with E-state index in [0.717, 1.165) is 45.3 Å². The van der Waals surface area contributed by atoms with Gasteiger partial charge in [-0.25, -0.2) is 0 Å². The van der Waals surface area contributed by atoms with E-state index in [1.54, 1.807) is 0 Å². The first-order chi connectivity index (χ1) is 7.47. The number of nitrogens with zero attached hydrogens (tertiary/aromatic N) is 1. The summed E-state index contributed by atoms with van der Waals surface area (Å²) in [6, 6.07) is 0. The van der Waals surface area contributed by atoms with Crippen LogP contribution in [0.3, 0.4) is 0 Å². The van der Waals surface area contributed by atoms with Gasteiger partial charge in [0.25, 0.3) is 0 Å². The molecule has 1 unspecified atom stereocenters. The van der Waals surface area contributed by atoms with Crippen molar-refractivity contribution in [3.05, 3.63) is 0 Å². The minimum atomic E-state index is 0.397. The molecule has 1 aliphatic heterocycles. The van der Waals surface area contributed by atoms with Crippen LogP contribution in [0, 0.1) is 11.3 Å². The number of ether oxygens (including phenoxy) is 1. The van der Waals surface area contributed by atoms with Gasteiger partial charge in [-0.15, -0.1) is 0 Å². The second kappa shape index (κ2) is 6.58. The molecule has 0 radical (unpaired) electrons. The van der Waals surface area contributed by atoms with Crippen LogP contribution in [0.5, 0.6) is 0 Å². The minimum Gasteiger partial charge on any atom is -0.381 e. The van der Waals surface area contributed by atoms with Crippen molar-refractivity contribution in [2.24, 2.45) is 11.3 Å². The Bertz CT molecular complexity index is 183. The molecule has 0 aromatic carbocycles. The van der Waals surface area contributed by atoms with Gasteiger partial charge in [-0.3, -0.25) is 0 Å². The predicted molar refractivity (Wildman–Crippen MR) is 68.7 cm³/mol. The Morgan fingerprint density at radius 1 is 1.38 bits per heavy atom. The van der Waals surface area contributed by atoms with E-state index in [1.165, 1.54) is 6.42 Å². The largest absolute Gasteiger partial charge is 0.381 e. The molecule has 1 N–H and O–H groups in total. The highest BCUT2D eigenvalue weighted by atomic mass is 16.5. The summed E-state index contributed by atoms with van der Waals surface area (Å²) in [5.41, 5.74) is 0.397. The van der Waals surface area contributed by atoms with Gasteiger partial charge in [0.05, 0.1) is 6.61 Å². The molecule has 0 bridgehead atoms. The van der Waals surface area contributed by atoms with Crippen LogP contribution < -0.4 is 5.32 Å². The third kappa shape index (κ3) is 6.46. The minimum absolute atomic E-state index is 0.397. The zero-order chi connectivity index (χ0) is 12.0. The Labute approximate surface area is 101 Å². The lowest BCUT2D eigenvalue weighted by Gasteiger charge is -2.26. The van der Waals surface area contributed by atoms with Gasteiger partial charge in [0.15, 0.2) is 0 Å². The molecule has 0 amide bonds. The standard InChI is InChI=1S/C13H28N2O/c1-13(2,3)11-15(4)7-6-14-9-12-5-8-16-10-12/h12,14H,5-11H2,1-4H3. The van der Waals surface area contributed by atoms with Crippen molar-refractivity contribution in [2.75, 3.05) is 46.4 Å². The average Bonchev–Trinajstić information content (AvgIpc) is 2.62. The molecule has 16 heavy (non-hydrogen) atoms. The lowest BCUT2D eigenvalue weighted by atomic mass is 9.96. The van der Waals surface area contributed by atoms with E-state index in [2.05, 4.69) is 38.0 Å². The van der Waals surface area contributed by atoms with Gasteiger partial charge in [0.1, 0.15) is 0 Å². The second-order valence-corrected chi connectivity index (χ2v) is 6.23. The molecule has 3 nitrogen and oxygen atoms in total. The molecule has 0 aliphatic carbocycles. The molecule has 1 atom stereocenters. The number of hydrogen-bond acceptors (Lipinski definition) is 3. The van der Waals surface area contributed by atoms with Crippen molar-refractivity contribution < 1.29 is 4.74 Å². The fourth-order valence-electron chi connectivity index (χ4n) is 2.21. The summed E-state index contributed by atoms with van der Waals surface area (Å²) in [5.74, 6) is 0.743. The normalized spacial score (nSPS) is 21.9. The molecule has 0 aromatic heterocycles. The number of hydrogen-bond donors (Lipinski definition) is 1. The molecule has 0 spiro atoms. The van der Waals surface area contributed by atoms with E-state index < -0.39 is 0 Å². The highest BCUT2D eigenvalue weighted by Crippen LogP contribution is 2.13. The van der Waals surface area contributed by atoms with Crippen molar-refractivity contribution in [3.8, 4) is 0 Å². The summed E-state index contributed by atoms with van der Waals surface area (Å²) in [4.78, 5) is 2.40. The SMILES string of the molecule is CN(CCNCC1CCOC1)CC(C)(C)C. The maximum Gasteiger partial charge on any atom is 0.0507 e. The Morgan fingerprint density at radius 3 is 2.69 bits per heavy atom. The number of likely N-dealkylation sites (N-methyl/N-ethyl adjacent to an activating group) is 1. The van der Waals surface area contributed by atoms with Gasteiger partial charge in [-0.1, -0.05) is 20.8 Å². The van der Waals surface area contributed by atoms with Crippen LogP contribution >= 0.6 is 0 Å². The van der Waals surface area contributed by atoms with E-state index in [1.807, 2.05) is 0 Å². The summed E-state index contributed by atoms with van der Waals surface area (Å²) in [6.45, 7) is 13.2. The van der Waals surface area contributed by atoms with Crippen LogP contribution in [-0.4, -0.2) is 51.3 Å². The van der Waals surface area contributed by atoms with E-state index >= 15 is 0 Å². The quantitative estimate of drug-likeness (QED) is 0.699. The first kappa shape index (κ1) is 13.9. The molecule has 1 rings (SSSR count). The van der Waals surface area contributed by atoms with E-state index in [-0.39, 0.29) is 0 Å². The van der Waals surface area contributed by atoms with Crippen LogP contribution in [-0.2, 0) is 4.74 Å². The fraction of sp³-hybridized carbons (Fsp3) is 1.00. The van der Waals surface area contributed by atoms with E-state index in [0.29, 0.717) is 5.41 Å². The zero-order valence-corrected chi connectivity index (χ0v) is 11.4. The van der Waals surface area contributed by atoms with E-state index in [4.69, 9.17) is 4.74 Å². The van der Waals surface area contributed by atoms with Crippen molar-refractivity contribution in [3.63, 3.8) is 0 Å². The third-order valence-corrected chi connectivity index (χ3v) is 2.87. The van der Waals surface area contributed by atoms with Crippen LogP contribution in [0.15, 0.2) is 0 Å². The van der Waals surface area contributed by atoms with Gasteiger partial charge in [-0.05, 0) is 24.8 Å². The fourth-order valence-corrected chi connectivity index (χ4v) is 2.21. The van der Waals surface area contributed by atoms with Gasteiger partial charge in [0, 0.05) is 32.8 Å². The highest BCUT2D eigenvalue weighted by Gasteiger charge is 2.15. The predicted octanol–water partition coefficient (Wildman–Crippen LogP) is 1.59. The first-order valence-corrected chi connectivity index (χ1v) is 6.44. The molecule has 1 saturated heterocycles. The van der Waals surface area contributed by atoms with Crippen molar-refractivity contribution in [1.29, 1.82) is 0 Å². The first-order valence-electron chi connectivity index (χ1n) is 6.44. The Hall–Kier alpha value is -0.120. The molecule has 3 heteroatoms. The topological polar surface area (TPSA) is 24.5 Å². The van der Waals surface area contributed by atoms with Crippen molar-refractivity contribution in [2.45, 2.75) is 27.2 Å². The third-order valence-electron chi connectivity index (χ3n) is 2.87. The van der Waals surface area contributed by atoms with Crippen molar-refractivity contribution in [1.82, 2.24) is 10.2 Å². The number of nitrogens with one attached hydrogen (secondary N) is 1. The van der Waals surface area contributed by atoms with Crippen LogP contribution in [0.4, 0.5) is 0 Å². The molecule has 0 saturated carbocycles. The highest BCUT2D eigenvalue weighted by molar-refractivity contribution is 4.69. The van der Waals surface area contributed by atoms with Crippen LogP contribution in [0.1, 0.15) is 27.2 Å². The van der Waals surface area contributed by atoms with Gasteiger partial charge < -0.3 is 15.0 Å². The maximum atomic E-state index is 5.35. The monoisotopic (exact) mass is 228 g/mol. The lowest BCUT2D eigenvalue weighted by Crippen LogP contribution is -2.36. The molecule has 0 aromatic rings. The summed E-state index contributed by atoms with van der Waals surface area (Å²) in [5, 5.41) is 3.52. The molecule has 96 valence electrons. The summed E-state index contributed by atoms with van der Waals surface area (Å²) in [6.07, 6.45) is 1.23. The molecule has 1 aliphatic rings. The average molecular weight is 228 g/mol. The zero-order valence-electron chi connectivity index (χ0n) is 11.4. The Balaban J connectivity index is 1.97. The van der Waals surface area contributed by atoms with Crippen LogP contribution in [0.2, 0.25) is 0 Å². The lowest BCUT2D eigenvalue weighted by molar-refractivity contribution is 0.184. The Kier molecular flexibility index (Phi) is 5.73. The van der Waals surface area contributed by atoms with Gasteiger partial charge >= 0.3 is 0 Å². The summed E-state index contributed by atoms with van der Waals surface area (Å²) in [7, 11) is 2.20. The molecule has 1 fully saturated rings. The smallest absolute Gasteiger partial charge is 0.0507 e. The summed E-state index contributed by atoms with van der Waals surface area (Å²) >= 11 is 0. The molecular weight excluding hydrogens is 200 g/mol. The molecular formula is C13H28N2O. The van der Waals surface area contributed by atoms with Gasteiger partial charge in [-0.2, -0.15) is 0 Å². The van der Waals surface area contributed by atoms with Crippen molar-refractivity contribution >= 4 is 0 Å². The maximum absolute atomic E-state index is 5.35. The second-order valence-electron chi connectivity index (χ2n) is 6.23. The molecule has 1 heterocycles. The summed E-state index contributed by atoms with van der Waals surface area (Å²) < 4.78 is 5.35. The van der Waals surface area contributed by atoms with E-state index in [9.17, 15) is 0 Å².